The van der Waals surface area contributed by atoms with Crippen LogP contribution in [-0.4, -0.2) is 38.0 Å². The van der Waals surface area contributed by atoms with Gasteiger partial charge in [0, 0.05) is 32.7 Å². The van der Waals surface area contributed by atoms with E-state index in [9.17, 15) is 9.18 Å². The lowest BCUT2D eigenvalue weighted by Crippen LogP contribution is -2.33. The lowest BCUT2D eigenvalue weighted by molar-refractivity contribution is 0.0940. The van der Waals surface area contributed by atoms with Crippen LogP contribution in [0, 0.1) is 5.82 Å². The number of anilines is 1. The maximum absolute atomic E-state index is 14.4. The Labute approximate surface area is 170 Å². The summed E-state index contributed by atoms with van der Waals surface area (Å²) in [4.78, 5) is 22.8. The van der Waals surface area contributed by atoms with Crippen molar-refractivity contribution in [3.05, 3.63) is 53.4 Å². The number of rotatable bonds is 0. The molecular formula is C20H21FN6O. The van der Waals surface area contributed by atoms with Crippen molar-refractivity contribution in [3.8, 4) is 0 Å². The van der Waals surface area contributed by atoms with E-state index in [0.717, 1.165) is 12.3 Å². The smallest absolute Gasteiger partial charge is 0.256 e. The predicted molar refractivity (Wildman–Crippen MR) is 102 cm³/mol. The first kappa shape index (κ1) is 11.7. The van der Waals surface area contributed by atoms with Gasteiger partial charge >= 0.3 is 0 Å². The minimum Gasteiger partial charge on any atom is -0.349 e. The molecule has 0 spiro atoms. The molecule has 5 rings (SSSR count). The van der Waals surface area contributed by atoms with Gasteiger partial charge in [-0.1, -0.05) is 0 Å². The van der Waals surface area contributed by atoms with Crippen molar-refractivity contribution in [2.75, 3.05) is 11.4 Å². The molecule has 1 saturated heterocycles. The van der Waals surface area contributed by atoms with E-state index in [2.05, 4.69) is 20.4 Å². The number of carbonyl (C=O) groups is 1. The predicted octanol–water partition coefficient (Wildman–Crippen LogP) is 2.67. The lowest BCUT2D eigenvalue weighted by Gasteiger charge is -2.27. The van der Waals surface area contributed by atoms with Crippen molar-refractivity contribution in [1.29, 1.82) is 0 Å². The van der Waals surface area contributed by atoms with Crippen LogP contribution in [0.15, 0.2) is 30.7 Å². The number of pyridine rings is 1. The monoisotopic (exact) mass is 386 g/mol. The minimum absolute atomic E-state index is 0.0299. The van der Waals surface area contributed by atoms with Crippen molar-refractivity contribution in [2.45, 2.75) is 44.6 Å². The zero-order valence-corrected chi connectivity index (χ0v) is 15.0. The van der Waals surface area contributed by atoms with E-state index in [1.165, 1.54) is 34.8 Å². The zero-order chi connectivity index (χ0) is 24.6. The molecule has 8 heteroatoms. The van der Waals surface area contributed by atoms with Crippen molar-refractivity contribution >= 4 is 17.4 Å². The Bertz CT molecular complexity index is 1310. The fraction of sp³-hybridized carbons (Fsp3) is 0.400. The quantitative estimate of drug-likeness (QED) is 0.643. The number of nitrogens with one attached hydrogen (secondary N) is 1. The van der Waals surface area contributed by atoms with Gasteiger partial charge in [0.15, 0.2) is 5.65 Å². The van der Waals surface area contributed by atoms with Crippen LogP contribution in [0.1, 0.15) is 62.0 Å². The number of halogens is 1. The normalized spacial score (nSPS) is 30.8. The minimum atomic E-state index is -2.77. The van der Waals surface area contributed by atoms with Crippen LogP contribution in [-0.2, 0) is 6.37 Å². The summed E-state index contributed by atoms with van der Waals surface area (Å²) in [7, 11) is 0. The summed E-state index contributed by atoms with van der Waals surface area (Å²) in [6, 6.07) is 0.390. The molecule has 3 aromatic rings. The Morgan fingerprint density at radius 1 is 1.39 bits per heavy atom. The van der Waals surface area contributed by atoms with Crippen LogP contribution in [0.3, 0.4) is 0 Å². The Morgan fingerprint density at radius 3 is 3.18 bits per heavy atom. The molecule has 0 aromatic carbocycles. The molecule has 0 radical (unpaired) electrons. The molecule has 0 saturated carbocycles. The number of carbonyl (C=O) groups excluding carboxylic acids is 1. The SMILES string of the molecule is [2H]C1([2H])CC[C@@H]2c3cc(F)cnc3C([2H])([2H])C([2H])([2H])[C@@H](C)NC(=O)c3cnn4ccc(nc34)N21. The Kier molecular flexibility index (Phi) is 2.74. The van der Waals surface area contributed by atoms with E-state index in [4.69, 9.17) is 8.22 Å². The summed E-state index contributed by atoms with van der Waals surface area (Å²) < 4.78 is 67.5. The molecule has 1 amide bonds. The van der Waals surface area contributed by atoms with Crippen molar-refractivity contribution in [2.24, 2.45) is 0 Å². The van der Waals surface area contributed by atoms with Crippen LogP contribution < -0.4 is 10.2 Å². The van der Waals surface area contributed by atoms with Gasteiger partial charge in [-0.2, -0.15) is 5.10 Å². The van der Waals surface area contributed by atoms with Gasteiger partial charge in [-0.15, -0.1) is 0 Å². The second-order valence-corrected chi connectivity index (χ2v) is 6.75. The molecule has 0 aliphatic carbocycles. The molecule has 1 fully saturated rings. The van der Waals surface area contributed by atoms with E-state index in [1.807, 2.05) is 0 Å². The summed E-state index contributed by atoms with van der Waals surface area (Å²) >= 11 is 0. The Balaban J connectivity index is 1.83. The number of aryl methyl sites for hydroxylation is 1. The van der Waals surface area contributed by atoms with Gasteiger partial charge in [-0.25, -0.2) is 13.9 Å². The second kappa shape index (κ2) is 6.54. The molecule has 1 N–H and O–H groups in total. The molecule has 2 bridgehead atoms. The van der Waals surface area contributed by atoms with Crippen LogP contribution in [0.4, 0.5) is 10.2 Å². The third-order valence-electron chi connectivity index (χ3n) is 4.85. The first-order valence-electron chi connectivity index (χ1n) is 11.9. The van der Waals surface area contributed by atoms with E-state index in [-0.39, 0.29) is 41.1 Å². The fourth-order valence-corrected chi connectivity index (χ4v) is 3.55. The van der Waals surface area contributed by atoms with Crippen LogP contribution in [0.2, 0.25) is 0 Å². The van der Waals surface area contributed by atoms with Crippen molar-refractivity contribution in [1.82, 2.24) is 24.9 Å². The van der Waals surface area contributed by atoms with Crippen LogP contribution in [0.5, 0.6) is 0 Å². The zero-order valence-electron chi connectivity index (χ0n) is 21.0. The maximum atomic E-state index is 14.4. The van der Waals surface area contributed by atoms with Crippen LogP contribution in [0.25, 0.3) is 5.65 Å². The van der Waals surface area contributed by atoms with Gasteiger partial charge in [0.1, 0.15) is 17.2 Å². The highest BCUT2D eigenvalue weighted by Crippen LogP contribution is 2.37. The fourth-order valence-electron chi connectivity index (χ4n) is 3.55. The van der Waals surface area contributed by atoms with E-state index >= 15 is 0 Å². The van der Waals surface area contributed by atoms with Crippen molar-refractivity contribution in [3.63, 3.8) is 0 Å². The van der Waals surface area contributed by atoms with Crippen molar-refractivity contribution < 1.29 is 17.4 Å². The second-order valence-electron chi connectivity index (χ2n) is 6.75. The molecular weight excluding hydrogens is 359 g/mol. The molecule has 5 heterocycles. The van der Waals surface area contributed by atoms with Gasteiger partial charge in [0.05, 0.1) is 18.4 Å². The lowest BCUT2D eigenvalue weighted by atomic mass is 9.98. The highest BCUT2D eigenvalue weighted by molar-refractivity contribution is 5.99. The summed E-state index contributed by atoms with van der Waals surface area (Å²) in [6.45, 7) is -0.592. The van der Waals surface area contributed by atoms with Crippen LogP contribution >= 0.6 is 0 Å². The molecule has 0 unspecified atom stereocenters. The molecule has 3 aromatic heterocycles. The third-order valence-corrected chi connectivity index (χ3v) is 4.85. The maximum Gasteiger partial charge on any atom is 0.256 e. The number of aromatic nitrogens is 4. The molecule has 7 nitrogen and oxygen atoms in total. The molecule has 144 valence electrons. The Hall–Kier alpha value is -3.03. The summed E-state index contributed by atoms with van der Waals surface area (Å²) in [5.74, 6) is -1.31. The Morgan fingerprint density at radius 2 is 2.29 bits per heavy atom. The number of hydrogen-bond donors (Lipinski definition) is 1. The van der Waals surface area contributed by atoms with E-state index in [1.54, 1.807) is 0 Å². The number of amides is 1. The molecule has 2 aliphatic rings. The number of fused-ring (bicyclic) bond motifs is 5. The van der Waals surface area contributed by atoms with Gasteiger partial charge in [0.2, 0.25) is 0 Å². The van der Waals surface area contributed by atoms with Gasteiger partial charge < -0.3 is 10.2 Å². The standard InChI is InChI=1S/C20H21FN6O/c1-12-4-5-16-14(9-13(21)10-22-16)17-3-2-7-26(17)18-6-8-27-19(25-18)15(11-23-27)20(28)24-12/h6,8-12,17H,2-5,7H2,1H3,(H,24,28)/t12-,17-/m1/s1/i4D2,5D2,7D2. The number of hydrogen-bond acceptors (Lipinski definition) is 5. The molecule has 2 aliphatic heterocycles. The third kappa shape index (κ3) is 2.80. The average Bonchev–Trinajstić information content (AvgIpc) is 3.32. The van der Waals surface area contributed by atoms with Gasteiger partial charge in [-0.05, 0) is 50.2 Å². The average molecular weight is 386 g/mol. The number of nitrogens with zero attached hydrogens (tertiary/aromatic N) is 5. The summed E-state index contributed by atoms with van der Waals surface area (Å²) in [6.07, 6.45) is -1.61. The van der Waals surface area contributed by atoms with E-state index < -0.39 is 43.1 Å². The largest absolute Gasteiger partial charge is 0.349 e. The highest BCUT2D eigenvalue weighted by Gasteiger charge is 2.31. The first-order chi connectivity index (χ1) is 15.8. The van der Waals surface area contributed by atoms with Gasteiger partial charge in [0.25, 0.3) is 5.91 Å². The molecule has 28 heavy (non-hydrogen) atoms. The highest BCUT2D eigenvalue weighted by atomic mass is 19.1. The summed E-state index contributed by atoms with van der Waals surface area (Å²) in [5, 5.41) is 6.59. The molecule has 2 atom stereocenters. The van der Waals surface area contributed by atoms with Gasteiger partial charge in [-0.3, -0.25) is 9.78 Å². The first-order valence-corrected chi connectivity index (χ1v) is 8.95. The topological polar surface area (TPSA) is 75.4 Å². The van der Waals surface area contributed by atoms with E-state index in [0.29, 0.717) is 0 Å². The summed E-state index contributed by atoms with van der Waals surface area (Å²) in [5.41, 5.74) is -0.161.